The molecule has 0 amide bonds. The molecule has 0 aliphatic carbocycles. The molecule has 2 N–H and O–H groups in total. The van der Waals surface area contributed by atoms with Gasteiger partial charge in [-0.15, -0.1) is 0 Å². The lowest BCUT2D eigenvalue weighted by Gasteiger charge is -2.30. The van der Waals surface area contributed by atoms with E-state index in [2.05, 4.69) is 30.9 Å². The Kier molecular flexibility index (Phi) is 6.45. The third kappa shape index (κ3) is 5.70. The number of ether oxygens (including phenoxy) is 1. The van der Waals surface area contributed by atoms with Crippen LogP contribution in [0.4, 0.5) is 0 Å². The van der Waals surface area contributed by atoms with Crippen LogP contribution in [0.15, 0.2) is 4.52 Å². The normalized spacial score (nSPS) is 13.7. The van der Waals surface area contributed by atoms with Gasteiger partial charge in [0.25, 0.3) is 0 Å². The van der Waals surface area contributed by atoms with Crippen molar-refractivity contribution in [1.82, 2.24) is 10.1 Å². The van der Waals surface area contributed by atoms with Crippen LogP contribution >= 0.6 is 0 Å². The van der Waals surface area contributed by atoms with Crippen LogP contribution in [0.2, 0.25) is 0 Å². The number of nitrogens with zero attached hydrogens (tertiary/aromatic N) is 2. The first-order valence-corrected chi connectivity index (χ1v) is 6.97. The summed E-state index contributed by atoms with van der Waals surface area (Å²) in [6, 6.07) is 0. The van der Waals surface area contributed by atoms with Crippen LogP contribution < -0.4 is 5.73 Å². The monoisotopic (exact) mass is 269 g/mol. The van der Waals surface area contributed by atoms with Gasteiger partial charge in [-0.25, -0.2) is 0 Å². The van der Waals surface area contributed by atoms with E-state index in [-0.39, 0.29) is 5.41 Å². The minimum Gasteiger partial charge on any atom is -0.384 e. The fourth-order valence-electron chi connectivity index (χ4n) is 2.20. The van der Waals surface area contributed by atoms with Crippen LogP contribution in [-0.4, -0.2) is 30.4 Å². The predicted molar refractivity (Wildman–Crippen MR) is 74.8 cm³/mol. The van der Waals surface area contributed by atoms with Gasteiger partial charge < -0.3 is 15.0 Å². The molecule has 1 atom stereocenters. The highest BCUT2D eigenvalue weighted by Crippen LogP contribution is 2.31. The highest BCUT2D eigenvalue weighted by molar-refractivity contribution is 4.88. The Hall–Kier alpha value is -0.940. The molecule has 0 aliphatic rings. The van der Waals surface area contributed by atoms with Gasteiger partial charge in [-0.05, 0) is 30.7 Å². The molecule has 0 aliphatic heterocycles. The van der Waals surface area contributed by atoms with Crippen molar-refractivity contribution in [2.24, 2.45) is 17.1 Å². The summed E-state index contributed by atoms with van der Waals surface area (Å²) in [6.45, 7) is 8.11. The van der Waals surface area contributed by atoms with Gasteiger partial charge in [-0.2, -0.15) is 4.98 Å². The standard InChI is InChI=1S/C14H27N3O2/c1-14(2,3)11(7-9-15)5-6-13-16-12(17-19-13)8-10-18-4/h11H,5-10,15H2,1-4H3. The van der Waals surface area contributed by atoms with E-state index in [4.69, 9.17) is 15.0 Å². The van der Waals surface area contributed by atoms with Crippen LogP contribution in [-0.2, 0) is 17.6 Å². The molecule has 1 aromatic heterocycles. The van der Waals surface area contributed by atoms with Gasteiger partial charge in [0.1, 0.15) is 0 Å². The minimum absolute atomic E-state index is 0.262. The highest BCUT2D eigenvalue weighted by Gasteiger charge is 2.24. The Labute approximate surface area is 115 Å². The average Bonchev–Trinajstić information content (AvgIpc) is 2.78. The van der Waals surface area contributed by atoms with Crippen molar-refractivity contribution in [2.45, 2.75) is 46.5 Å². The van der Waals surface area contributed by atoms with E-state index in [1.807, 2.05) is 0 Å². The summed E-state index contributed by atoms with van der Waals surface area (Å²) >= 11 is 0. The lowest BCUT2D eigenvalue weighted by atomic mass is 9.76. The van der Waals surface area contributed by atoms with Crippen LogP contribution in [0.3, 0.4) is 0 Å². The number of hydrogen-bond acceptors (Lipinski definition) is 5. The molecule has 1 heterocycles. The molecule has 110 valence electrons. The fraction of sp³-hybridized carbons (Fsp3) is 0.857. The molecule has 0 bridgehead atoms. The van der Waals surface area contributed by atoms with E-state index in [1.165, 1.54) is 0 Å². The number of aromatic nitrogens is 2. The Balaban J connectivity index is 2.47. The van der Waals surface area contributed by atoms with Crippen LogP contribution in [0.25, 0.3) is 0 Å². The third-order valence-corrected chi connectivity index (χ3v) is 3.49. The Bertz CT molecular complexity index is 358. The van der Waals surface area contributed by atoms with Crippen LogP contribution in [0, 0.1) is 11.3 Å². The molecule has 0 spiro atoms. The van der Waals surface area contributed by atoms with Crippen molar-refractivity contribution in [3.63, 3.8) is 0 Å². The van der Waals surface area contributed by atoms with Gasteiger partial charge in [-0.1, -0.05) is 25.9 Å². The van der Waals surface area contributed by atoms with Crippen LogP contribution in [0.1, 0.15) is 45.3 Å². The Morgan fingerprint density at radius 3 is 2.58 bits per heavy atom. The van der Waals surface area contributed by atoms with Crippen molar-refractivity contribution in [3.05, 3.63) is 11.7 Å². The zero-order valence-electron chi connectivity index (χ0n) is 12.6. The molecule has 19 heavy (non-hydrogen) atoms. The maximum atomic E-state index is 5.69. The molecular weight excluding hydrogens is 242 g/mol. The van der Waals surface area contributed by atoms with E-state index < -0.39 is 0 Å². The second-order valence-corrected chi connectivity index (χ2v) is 6.03. The summed E-state index contributed by atoms with van der Waals surface area (Å²) in [5.74, 6) is 2.02. The Morgan fingerprint density at radius 2 is 2.00 bits per heavy atom. The van der Waals surface area contributed by atoms with Crippen molar-refractivity contribution in [1.29, 1.82) is 0 Å². The fourth-order valence-corrected chi connectivity index (χ4v) is 2.20. The Morgan fingerprint density at radius 1 is 1.26 bits per heavy atom. The molecule has 0 aromatic carbocycles. The van der Waals surface area contributed by atoms with Gasteiger partial charge in [0.15, 0.2) is 5.82 Å². The molecule has 5 heteroatoms. The maximum absolute atomic E-state index is 5.69. The van der Waals surface area contributed by atoms with Crippen molar-refractivity contribution < 1.29 is 9.26 Å². The number of nitrogens with two attached hydrogens (primary N) is 1. The third-order valence-electron chi connectivity index (χ3n) is 3.49. The largest absolute Gasteiger partial charge is 0.384 e. The first-order valence-electron chi connectivity index (χ1n) is 6.97. The van der Waals surface area contributed by atoms with Gasteiger partial charge >= 0.3 is 0 Å². The second-order valence-electron chi connectivity index (χ2n) is 6.03. The summed E-state index contributed by atoms with van der Waals surface area (Å²) in [5, 5.41) is 3.95. The summed E-state index contributed by atoms with van der Waals surface area (Å²) in [4.78, 5) is 4.37. The molecule has 5 nitrogen and oxygen atoms in total. The zero-order chi connectivity index (χ0) is 14.3. The molecule has 0 saturated heterocycles. The quantitative estimate of drug-likeness (QED) is 0.783. The first kappa shape index (κ1) is 16.1. The summed E-state index contributed by atoms with van der Waals surface area (Å²) in [6.07, 6.45) is 3.59. The van der Waals surface area contributed by atoms with Crippen molar-refractivity contribution >= 4 is 0 Å². The topological polar surface area (TPSA) is 74.2 Å². The smallest absolute Gasteiger partial charge is 0.226 e. The number of methoxy groups -OCH3 is 1. The first-order chi connectivity index (χ1) is 8.97. The second kappa shape index (κ2) is 7.60. The number of aryl methyl sites for hydroxylation is 1. The van der Waals surface area contributed by atoms with E-state index >= 15 is 0 Å². The lowest BCUT2D eigenvalue weighted by Crippen LogP contribution is -2.24. The molecule has 0 saturated carbocycles. The summed E-state index contributed by atoms with van der Waals surface area (Å²) in [5.41, 5.74) is 5.95. The number of hydrogen-bond donors (Lipinski definition) is 1. The SMILES string of the molecule is COCCc1noc(CCC(CCN)C(C)(C)C)n1. The van der Waals surface area contributed by atoms with Gasteiger partial charge in [0, 0.05) is 20.0 Å². The van der Waals surface area contributed by atoms with E-state index in [1.54, 1.807) is 7.11 Å². The van der Waals surface area contributed by atoms with Gasteiger partial charge in [-0.3, -0.25) is 0 Å². The minimum atomic E-state index is 0.262. The number of rotatable bonds is 8. The molecule has 1 rings (SSSR count). The van der Waals surface area contributed by atoms with Gasteiger partial charge in [0.2, 0.25) is 5.89 Å². The molecule has 1 aromatic rings. The highest BCUT2D eigenvalue weighted by atomic mass is 16.5. The lowest BCUT2D eigenvalue weighted by molar-refractivity contribution is 0.199. The van der Waals surface area contributed by atoms with E-state index in [9.17, 15) is 0 Å². The predicted octanol–water partition coefficient (Wildman–Crippen LogP) is 2.20. The van der Waals surface area contributed by atoms with E-state index in [0.717, 1.165) is 37.5 Å². The van der Waals surface area contributed by atoms with Crippen molar-refractivity contribution in [2.75, 3.05) is 20.3 Å². The van der Waals surface area contributed by atoms with Crippen molar-refractivity contribution in [3.8, 4) is 0 Å². The summed E-state index contributed by atoms with van der Waals surface area (Å²) in [7, 11) is 1.67. The summed E-state index contributed by atoms with van der Waals surface area (Å²) < 4.78 is 10.2. The maximum Gasteiger partial charge on any atom is 0.226 e. The average molecular weight is 269 g/mol. The molecular formula is C14H27N3O2. The zero-order valence-corrected chi connectivity index (χ0v) is 12.6. The van der Waals surface area contributed by atoms with Crippen LogP contribution in [0.5, 0.6) is 0 Å². The molecule has 0 radical (unpaired) electrons. The van der Waals surface area contributed by atoms with E-state index in [0.29, 0.717) is 18.9 Å². The van der Waals surface area contributed by atoms with Gasteiger partial charge in [0.05, 0.1) is 6.61 Å². The molecule has 0 fully saturated rings. The molecule has 1 unspecified atom stereocenters.